The molecule has 0 spiro atoms. The molecule has 0 radical (unpaired) electrons. The molecule has 2 aromatic rings. The molecule has 0 amide bonds. The number of nitrogen functional groups attached to an aromatic ring is 1. The van der Waals surface area contributed by atoms with Gasteiger partial charge in [-0.05, 0) is 75.8 Å². The van der Waals surface area contributed by atoms with Crippen molar-refractivity contribution in [1.29, 1.82) is 0 Å². The van der Waals surface area contributed by atoms with E-state index in [9.17, 15) is 0 Å². The molecule has 2 aromatic carbocycles. The van der Waals surface area contributed by atoms with Crippen LogP contribution in [0.2, 0.25) is 0 Å². The zero-order valence-electron chi connectivity index (χ0n) is 19.8. The van der Waals surface area contributed by atoms with Crippen molar-refractivity contribution < 1.29 is 4.74 Å². The largest absolute Gasteiger partial charge is 0.485 e. The van der Waals surface area contributed by atoms with Crippen LogP contribution < -0.4 is 10.5 Å². The Morgan fingerprint density at radius 3 is 2.29 bits per heavy atom. The number of piperazine rings is 1. The van der Waals surface area contributed by atoms with Crippen LogP contribution in [0.1, 0.15) is 47.6 Å². The number of benzene rings is 2. The first-order chi connectivity index (χ1) is 14.9. The van der Waals surface area contributed by atoms with E-state index < -0.39 is 0 Å². The number of ether oxygens (including phenoxy) is 1. The zero-order chi connectivity index (χ0) is 22.0. The Morgan fingerprint density at radius 1 is 0.903 bits per heavy atom. The first-order valence-corrected chi connectivity index (χ1v) is 11.9. The Labute approximate surface area is 188 Å². The second kappa shape index (κ2) is 9.22. The number of anilines is 1. The van der Waals surface area contributed by atoms with E-state index in [2.05, 4.69) is 67.8 Å². The van der Waals surface area contributed by atoms with Crippen molar-refractivity contribution in [2.75, 3.05) is 45.0 Å². The molecule has 0 aromatic heterocycles. The summed E-state index contributed by atoms with van der Waals surface area (Å²) in [7, 11) is 0. The van der Waals surface area contributed by atoms with E-state index in [1.807, 2.05) is 0 Å². The quantitative estimate of drug-likeness (QED) is 0.527. The van der Waals surface area contributed by atoms with Gasteiger partial charge in [0.1, 0.15) is 11.4 Å². The number of nitrogens with two attached hydrogens (primary N) is 1. The topological polar surface area (TPSA) is 41.7 Å². The van der Waals surface area contributed by atoms with Crippen molar-refractivity contribution in [3.05, 3.63) is 58.1 Å². The van der Waals surface area contributed by atoms with Crippen LogP contribution in [0.15, 0.2) is 30.3 Å². The Bertz CT molecular complexity index is 864. The lowest BCUT2D eigenvalue weighted by atomic mass is 9.91. The lowest BCUT2D eigenvalue weighted by Gasteiger charge is -2.38. The van der Waals surface area contributed by atoms with Crippen LogP contribution in [0.4, 0.5) is 5.69 Å². The monoisotopic (exact) mass is 421 g/mol. The van der Waals surface area contributed by atoms with Crippen LogP contribution in [0.25, 0.3) is 0 Å². The summed E-state index contributed by atoms with van der Waals surface area (Å²) < 4.78 is 6.58. The van der Waals surface area contributed by atoms with Gasteiger partial charge < -0.3 is 15.4 Å². The first-order valence-electron chi connectivity index (χ1n) is 11.9. The lowest BCUT2D eigenvalue weighted by molar-refractivity contribution is 0.0376. The minimum atomic E-state index is -0.157. The molecule has 2 heterocycles. The third kappa shape index (κ3) is 4.91. The Kier molecular flexibility index (Phi) is 6.59. The maximum Gasteiger partial charge on any atom is 0.127 e. The third-order valence-corrected chi connectivity index (χ3v) is 7.39. The van der Waals surface area contributed by atoms with E-state index in [-0.39, 0.29) is 5.60 Å². The van der Waals surface area contributed by atoms with Gasteiger partial charge in [0, 0.05) is 50.4 Å². The van der Waals surface area contributed by atoms with E-state index in [4.69, 9.17) is 10.5 Å². The molecule has 4 rings (SSSR count). The molecule has 4 nitrogen and oxygen atoms in total. The number of hydrogen-bond donors (Lipinski definition) is 1. The van der Waals surface area contributed by atoms with E-state index in [0.717, 1.165) is 37.5 Å². The molecule has 0 bridgehead atoms. The van der Waals surface area contributed by atoms with E-state index in [1.54, 1.807) is 0 Å². The van der Waals surface area contributed by atoms with Gasteiger partial charge in [-0.3, -0.25) is 4.90 Å². The molecule has 1 unspecified atom stereocenters. The van der Waals surface area contributed by atoms with Gasteiger partial charge in [-0.1, -0.05) is 30.3 Å². The molecule has 0 saturated carbocycles. The number of unbranched alkanes of at least 4 members (excludes halogenated alkanes) is 1. The van der Waals surface area contributed by atoms with Crippen molar-refractivity contribution >= 4 is 5.69 Å². The Balaban J connectivity index is 1.24. The number of aryl methyl sites for hydroxylation is 1. The van der Waals surface area contributed by atoms with Gasteiger partial charge in [0.2, 0.25) is 0 Å². The molecule has 168 valence electrons. The second-order valence-corrected chi connectivity index (χ2v) is 9.89. The summed E-state index contributed by atoms with van der Waals surface area (Å²) in [6, 6.07) is 10.8. The van der Waals surface area contributed by atoms with E-state index in [0.29, 0.717) is 0 Å². The van der Waals surface area contributed by atoms with Crippen molar-refractivity contribution in [2.24, 2.45) is 0 Å². The minimum absolute atomic E-state index is 0.157. The van der Waals surface area contributed by atoms with Crippen LogP contribution in [0, 0.1) is 20.8 Å². The fourth-order valence-electron chi connectivity index (χ4n) is 5.26. The number of nitrogens with zero attached hydrogens (tertiary/aromatic N) is 2. The molecular weight excluding hydrogens is 382 g/mol. The maximum absolute atomic E-state index is 6.58. The highest BCUT2D eigenvalue weighted by Gasteiger charge is 2.39. The van der Waals surface area contributed by atoms with Gasteiger partial charge in [-0.15, -0.1) is 0 Å². The van der Waals surface area contributed by atoms with Gasteiger partial charge in [-0.2, -0.15) is 0 Å². The predicted octanol–water partition coefficient (Wildman–Crippen LogP) is 4.53. The van der Waals surface area contributed by atoms with Crippen LogP contribution in [0.3, 0.4) is 0 Å². The minimum Gasteiger partial charge on any atom is -0.485 e. The smallest absolute Gasteiger partial charge is 0.127 e. The number of fused-ring (bicyclic) bond motifs is 1. The second-order valence-electron chi connectivity index (χ2n) is 9.89. The van der Waals surface area contributed by atoms with Gasteiger partial charge in [-0.25, -0.2) is 0 Å². The highest BCUT2D eigenvalue weighted by atomic mass is 16.5. The van der Waals surface area contributed by atoms with Gasteiger partial charge in [0.05, 0.1) is 0 Å². The van der Waals surface area contributed by atoms with Crippen LogP contribution in [-0.4, -0.2) is 54.7 Å². The molecule has 1 saturated heterocycles. The molecule has 4 heteroatoms. The van der Waals surface area contributed by atoms with Gasteiger partial charge >= 0.3 is 0 Å². The summed E-state index contributed by atoms with van der Waals surface area (Å²) in [4.78, 5) is 5.22. The molecule has 2 N–H and O–H groups in total. The Hall–Kier alpha value is -2.04. The molecule has 1 atom stereocenters. The SMILES string of the molecule is Cc1c(C)c2c(c(C)c1N)CC(C)(CN1CCN(CCCCc3ccccc3)CC1)O2. The number of rotatable bonds is 7. The number of hydrogen-bond acceptors (Lipinski definition) is 4. The summed E-state index contributed by atoms with van der Waals surface area (Å²) in [6.07, 6.45) is 4.71. The molecule has 0 aliphatic carbocycles. The molecule has 2 aliphatic heterocycles. The van der Waals surface area contributed by atoms with Crippen LogP contribution >= 0.6 is 0 Å². The summed E-state index contributed by atoms with van der Waals surface area (Å²) >= 11 is 0. The van der Waals surface area contributed by atoms with Gasteiger partial charge in [0.25, 0.3) is 0 Å². The van der Waals surface area contributed by atoms with Crippen LogP contribution in [-0.2, 0) is 12.8 Å². The lowest BCUT2D eigenvalue weighted by Crippen LogP contribution is -2.52. The van der Waals surface area contributed by atoms with E-state index >= 15 is 0 Å². The average molecular weight is 422 g/mol. The maximum atomic E-state index is 6.58. The molecule has 1 fully saturated rings. The third-order valence-electron chi connectivity index (χ3n) is 7.39. The molecular formula is C27H39N3O. The van der Waals surface area contributed by atoms with Gasteiger partial charge in [0.15, 0.2) is 0 Å². The average Bonchev–Trinajstić information content (AvgIpc) is 3.13. The normalized spacial score (nSPS) is 21.8. The van der Waals surface area contributed by atoms with Crippen LogP contribution in [0.5, 0.6) is 5.75 Å². The first kappa shape index (κ1) is 22.2. The van der Waals surface area contributed by atoms with Crippen molar-refractivity contribution in [1.82, 2.24) is 9.80 Å². The fraction of sp³-hybridized carbons (Fsp3) is 0.556. The molecule has 31 heavy (non-hydrogen) atoms. The summed E-state index contributed by atoms with van der Waals surface area (Å²) in [5.41, 5.74) is 13.5. The molecule has 2 aliphatic rings. The highest BCUT2D eigenvalue weighted by molar-refractivity contribution is 5.66. The van der Waals surface area contributed by atoms with E-state index in [1.165, 1.54) is 66.7 Å². The van der Waals surface area contributed by atoms with Crippen molar-refractivity contribution in [3.63, 3.8) is 0 Å². The summed E-state index contributed by atoms with van der Waals surface area (Å²) in [6.45, 7) is 15.5. The zero-order valence-corrected chi connectivity index (χ0v) is 19.8. The van der Waals surface area contributed by atoms with Crippen molar-refractivity contribution in [3.8, 4) is 5.75 Å². The van der Waals surface area contributed by atoms with Crippen molar-refractivity contribution in [2.45, 2.75) is 59.0 Å². The fourth-order valence-corrected chi connectivity index (χ4v) is 5.26. The summed E-state index contributed by atoms with van der Waals surface area (Å²) in [5.74, 6) is 1.09. The standard InChI is InChI=1S/C27H39N3O/c1-20-21(2)26-24(22(3)25(20)28)18-27(4,31-26)19-30-16-14-29(15-17-30)13-9-8-12-23-10-6-5-7-11-23/h5-7,10-11H,8-9,12-19,28H2,1-4H3. The predicted molar refractivity (Wildman–Crippen MR) is 130 cm³/mol. The highest BCUT2D eigenvalue weighted by Crippen LogP contribution is 2.43. The Morgan fingerprint density at radius 2 is 1.58 bits per heavy atom. The summed E-state index contributed by atoms with van der Waals surface area (Å²) in [5, 5.41) is 0.